The number of aryl methyl sites for hydroxylation is 1. The first kappa shape index (κ1) is 16.2. The van der Waals surface area contributed by atoms with E-state index in [0.29, 0.717) is 12.0 Å². The number of nitro groups is 1. The highest BCUT2D eigenvalue weighted by Crippen LogP contribution is 2.33. The first-order valence-electron chi connectivity index (χ1n) is 6.86. The summed E-state index contributed by atoms with van der Waals surface area (Å²) in [6, 6.07) is 12.4. The van der Waals surface area contributed by atoms with E-state index in [2.05, 4.69) is 0 Å². The smallest absolute Gasteiger partial charge is 0.313 e. The molecule has 2 rings (SSSR count). The predicted molar refractivity (Wildman–Crippen MR) is 83.1 cm³/mol. The minimum Gasteiger partial charge on any atom is -0.418 e. The van der Waals surface area contributed by atoms with Gasteiger partial charge < -0.3 is 4.74 Å². The van der Waals surface area contributed by atoms with Crippen LogP contribution >= 0.6 is 0 Å². The van der Waals surface area contributed by atoms with E-state index in [4.69, 9.17) is 4.74 Å². The average Bonchev–Trinajstić information content (AvgIpc) is 2.49. The molecule has 0 aliphatic heterocycles. The van der Waals surface area contributed by atoms with Crippen molar-refractivity contribution in [1.82, 2.24) is 0 Å². The Morgan fingerprint density at radius 3 is 2.61 bits per heavy atom. The van der Waals surface area contributed by atoms with Gasteiger partial charge in [-0.3, -0.25) is 14.9 Å². The van der Waals surface area contributed by atoms with Gasteiger partial charge in [0.15, 0.2) is 0 Å². The molecule has 6 heteroatoms. The van der Waals surface area contributed by atoms with Gasteiger partial charge in [-0.1, -0.05) is 24.3 Å². The lowest BCUT2D eigenvalue weighted by atomic mass is 9.98. The fourth-order valence-corrected chi connectivity index (χ4v) is 2.27. The zero-order chi connectivity index (χ0) is 17.0. The lowest BCUT2D eigenvalue weighted by Crippen LogP contribution is -2.07. The van der Waals surface area contributed by atoms with Crippen LogP contribution in [0, 0.1) is 28.4 Å². The third-order valence-electron chi connectivity index (χ3n) is 3.35. The number of hydrogen-bond donors (Lipinski definition) is 0. The van der Waals surface area contributed by atoms with Crippen LogP contribution in [0.3, 0.4) is 0 Å². The highest BCUT2D eigenvalue weighted by Gasteiger charge is 2.23. The van der Waals surface area contributed by atoms with Gasteiger partial charge in [-0.05, 0) is 36.1 Å². The molecular formula is C17H14N2O4. The number of hydrogen-bond acceptors (Lipinski definition) is 5. The number of nitriles is 1. The van der Waals surface area contributed by atoms with Crippen molar-refractivity contribution >= 4 is 11.7 Å². The van der Waals surface area contributed by atoms with Crippen molar-refractivity contribution in [3.05, 3.63) is 68.8 Å². The molecule has 0 radical (unpaired) electrons. The van der Waals surface area contributed by atoms with Crippen molar-refractivity contribution in [2.75, 3.05) is 0 Å². The van der Waals surface area contributed by atoms with E-state index in [1.165, 1.54) is 12.1 Å². The van der Waals surface area contributed by atoms with E-state index in [1.54, 1.807) is 0 Å². The summed E-state index contributed by atoms with van der Waals surface area (Å²) < 4.78 is 4.85. The first-order chi connectivity index (χ1) is 10.9. The number of carbonyl (C=O) groups excluding carboxylic acids is 1. The zero-order valence-corrected chi connectivity index (χ0v) is 12.7. The van der Waals surface area contributed by atoms with Crippen LogP contribution in [0.15, 0.2) is 36.4 Å². The van der Waals surface area contributed by atoms with E-state index in [-0.39, 0.29) is 17.0 Å². The van der Waals surface area contributed by atoms with Crippen LogP contribution in [0.25, 0.3) is 0 Å². The number of carbonyl (C=O) groups is 1. The molecule has 0 unspecified atom stereocenters. The Bertz CT molecular complexity index is 822. The van der Waals surface area contributed by atoms with Crippen LogP contribution in [0.1, 0.15) is 29.2 Å². The Kier molecular flexibility index (Phi) is 4.72. The van der Waals surface area contributed by atoms with Crippen molar-refractivity contribution in [2.45, 2.75) is 20.3 Å². The van der Waals surface area contributed by atoms with Gasteiger partial charge in [-0.2, -0.15) is 5.26 Å². The maximum atomic E-state index is 11.2. The average molecular weight is 310 g/mol. The number of ether oxygens (including phenoxy) is 1. The van der Waals surface area contributed by atoms with Crippen molar-refractivity contribution in [3.63, 3.8) is 0 Å². The molecule has 0 aliphatic carbocycles. The monoisotopic (exact) mass is 310 g/mol. The van der Waals surface area contributed by atoms with Crippen molar-refractivity contribution in [2.24, 2.45) is 0 Å². The second kappa shape index (κ2) is 6.71. The van der Waals surface area contributed by atoms with Gasteiger partial charge in [-0.25, -0.2) is 0 Å². The van der Waals surface area contributed by atoms with Crippen molar-refractivity contribution in [3.8, 4) is 11.8 Å². The van der Waals surface area contributed by atoms with Crippen LogP contribution in [0.4, 0.5) is 5.69 Å². The van der Waals surface area contributed by atoms with Crippen LogP contribution in [0.5, 0.6) is 5.75 Å². The molecule has 0 saturated heterocycles. The quantitative estimate of drug-likeness (QED) is 0.374. The highest BCUT2D eigenvalue weighted by atomic mass is 16.6. The molecule has 0 amide bonds. The molecule has 0 bridgehead atoms. The molecule has 0 N–H and O–H groups in total. The Morgan fingerprint density at radius 1 is 1.35 bits per heavy atom. The first-order valence-corrected chi connectivity index (χ1v) is 6.86. The summed E-state index contributed by atoms with van der Waals surface area (Å²) in [5, 5.41) is 20.5. The fraction of sp³-hybridized carbons (Fsp3) is 0.176. The Balaban J connectivity index is 2.53. The topological polar surface area (TPSA) is 93.2 Å². The lowest BCUT2D eigenvalue weighted by Gasteiger charge is -2.09. The minimum atomic E-state index is -0.712. The molecule has 0 spiro atoms. The van der Waals surface area contributed by atoms with Crippen LogP contribution in [-0.4, -0.2) is 10.9 Å². The van der Waals surface area contributed by atoms with Gasteiger partial charge >= 0.3 is 11.7 Å². The molecule has 0 heterocycles. The normalized spacial score (nSPS) is 9.96. The summed E-state index contributed by atoms with van der Waals surface area (Å²) in [6.07, 6.45) is 0.447. The molecule has 116 valence electrons. The van der Waals surface area contributed by atoms with Crippen LogP contribution in [-0.2, 0) is 11.2 Å². The maximum Gasteiger partial charge on any atom is 0.313 e. The molecule has 23 heavy (non-hydrogen) atoms. The van der Waals surface area contributed by atoms with Gasteiger partial charge in [-0.15, -0.1) is 0 Å². The molecular weight excluding hydrogens is 296 g/mol. The Hall–Kier alpha value is -3.20. The second-order valence-electron chi connectivity index (χ2n) is 5.06. The third-order valence-corrected chi connectivity index (χ3v) is 3.35. The van der Waals surface area contributed by atoms with Gasteiger partial charge in [0, 0.05) is 13.0 Å². The molecule has 0 saturated carbocycles. The standard InChI is InChI=1S/C17H14N2O4/c1-11-5-3-4-6-14(11)7-13-8-15(10-18)17(23-12(2)20)16(9-13)19(21)22/h3-6,8-9H,7H2,1-2H3. The molecule has 0 aliphatic rings. The van der Waals surface area contributed by atoms with Gasteiger partial charge in [0.25, 0.3) is 0 Å². The Morgan fingerprint density at radius 2 is 2.04 bits per heavy atom. The van der Waals surface area contributed by atoms with Crippen molar-refractivity contribution < 1.29 is 14.5 Å². The van der Waals surface area contributed by atoms with E-state index < -0.39 is 10.9 Å². The molecule has 2 aromatic rings. The maximum absolute atomic E-state index is 11.2. The SMILES string of the molecule is CC(=O)Oc1c(C#N)cc(Cc2ccccc2C)cc1[N+](=O)[O-]. The zero-order valence-electron chi connectivity index (χ0n) is 12.7. The number of rotatable bonds is 4. The van der Waals surface area contributed by atoms with E-state index in [0.717, 1.165) is 18.1 Å². The van der Waals surface area contributed by atoms with Gasteiger partial charge in [0.2, 0.25) is 5.75 Å². The molecule has 2 aromatic carbocycles. The molecule has 0 fully saturated rings. The van der Waals surface area contributed by atoms with E-state index >= 15 is 0 Å². The Labute approximate surface area is 133 Å². The molecule has 0 aromatic heterocycles. The largest absolute Gasteiger partial charge is 0.418 e. The van der Waals surface area contributed by atoms with Crippen LogP contribution in [0.2, 0.25) is 0 Å². The lowest BCUT2D eigenvalue weighted by molar-refractivity contribution is -0.385. The number of benzene rings is 2. The van der Waals surface area contributed by atoms with E-state index in [9.17, 15) is 20.2 Å². The summed E-state index contributed by atoms with van der Waals surface area (Å²) in [7, 11) is 0. The van der Waals surface area contributed by atoms with E-state index in [1.807, 2.05) is 37.3 Å². The number of nitrogens with zero attached hydrogens (tertiary/aromatic N) is 2. The highest BCUT2D eigenvalue weighted by molar-refractivity contribution is 5.73. The summed E-state index contributed by atoms with van der Waals surface area (Å²) >= 11 is 0. The summed E-state index contributed by atoms with van der Waals surface area (Å²) in [6.45, 7) is 3.08. The predicted octanol–water partition coefficient (Wildman–Crippen LogP) is 3.29. The molecule has 6 nitrogen and oxygen atoms in total. The van der Waals surface area contributed by atoms with Gasteiger partial charge in [0.1, 0.15) is 11.6 Å². The summed E-state index contributed by atoms with van der Waals surface area (Å²) in [4.78, 5) is 21.7. The summed E-state index contributed by atoms with van der Waals surface area (Å²) in [5.41, 5.74) is 2.25. The third kappa shape index (κ3) is 3.71. The summed E-state index contributed by atoms with van der Waals surface area (Å²) in [5.74, 6) is -1.02. The fourth-order valence-electron chi connectivity index (χ4n) is 2.27. The van der Waals surface area contributed by atoms with Gasteiger partial charge in [0.05, 0.1) is 4.92 Å². The van der Waals surface area contributed by atoms with Crippen LogP contribution < -0.4 is 4.74 Å². The molecule has 0 atom stereocenters. The number of nitro benzene ring substituents is 1. The number of esters is 1. The second-order valence-corrected chi connectivity index (χ2v) is 5.06. The van der Waals surface area contributed by atoms with Crippen molar-refractivity contribution in [1.29, 1.82) is 5.26 Å². The minimum absolute atomic E-state index is 0.0296.